The minimum Gasteiger partial charge on any atom is -0.294 e. The normalized spacial score (nSPS) is 10.5. The molecule has 0 bridgehead atoms. The van der Waals surface area contributed by atoms with Crippen molar-refractivity contribution >= 4 is 56.0 Å². The molecule has 0 saturated carbocycles. The fraction of sp³-hybridized carbons (Fsp3) is 0.100. The second-order valence-electron chi connectivity index (χ2n) is 2.95. The van der Waals surface area contributed by atoms with Gasteiger partial charge in [0.15, 0.2) is 5.78 Å². The van der Waals surface area contributed by atoms with Gasteiger partial charge in [0.05, 0.1) is 8.12 Å². The number of halogens is 2. The molecular formula is C10H6BrClOS2. The zero-order chi connectivity index (χ0) is 10.8. The van der Waals surface area contributed by atoms with Crippen molar-refractivity contribution in [2.45, 2.75) is 6.42 Å². The van der Waals surface area contributed by atoms with E-state index >= 15 is 0 Å². The van der Waals surface area contributed by atoms with E-state index in [9.17, 15) is 4.79 Å². The smallest absolute Gasteiger partial charge is 0.168 e. The molecule has 5 heteroatoms. The fourth-order valence-corrected chi connectivity index (χ4v) is 3.53. The zero-order valence-electron chi connectivity index (χ0n) is 7.50. The molecule has 1 nitrogen and oxygen atoms in total. The van der Waals surface area contributed by atoms with Crippen LogP contribution < -0.4 is 0 Å². The Kier molecular flexibility index (Phi) is 3.61. The van der Waals surface area contributed by atoms with Gasteiger partial charge in [0.25, 0.3) is 0 Å². The van der Waals surface area contributed by atoms with Crippen LogP contribution in [-0.4, -0.2) is 5.78 Å². The number of Topliss-reactive ketones (excluding diaryl/α,β-unsaturated/α-hetero) is 1. The van der Waals surface area contributed by atoms with Crippen LogP contribution in [0.5, 0.6) is 0 Å². The third-order valence-corrected chi connectivity index (χ3v) is 4.57. The summed E-state index contributed by atoms with van der Waals surface area (Å²) in [6.07, 6.45) is 0.448. The second-order valence-corrected chi connectivity index (χ2v) is 7.04. The summed E-state index contributed by atoms with van der Waals surface area (Å²) in [5, 5.41) is 1.80. The summed E-state index contributed by atoms with van der Waals surface area (Å²) >= 11 is 12.1. The molecule has 78 valence electrons. The highest BCUT2D eigenvalue weighted by atomic mass is 79.9. The van der Waals surface area contributed by atoms with Gasteiger partial charge in [-0.15, -0.1) is 22.7 Å². The molecule has 0 unspecified atom stereocenters. The molecule has 0 aliphatic heterocycles. The summed E-state index contributed by atoms with van der Waals surface area (Å²) in [6.45, 7) is 0. The Balaban J connectivity index is 2.10. The first-order valence-corrected chi connectivity index (χ1v) is 7.03. The molecule has 0 radical (unpaired) electrons. The topological polar surface area (TPSA) is 17.1 Å². The number of thiophene rings is 2. The monoisotopic (exact) mass is 320 g/mol. The Morgan fingerprint density at radius 1 is 1.47 bits per heavy atom. The standard InChI is InChI=1S/C10H6BrClOS2/c11-9-2-1-7(15-9)4-8(13)6-3-10(12)14-5-6/h1-3,5H,4H2. The van der Waals surface area contributed by atoms with E-state index in [0.29, 0.717) is 16.3 Å². The van der Waals surface area contributed by atoms with Gasteiger partial charge in [-0.1, -0.05) is 11.6 Å². The summed E-state index contributed by atoms with van der Waals surface area (Å²) < 4.78 is 1.71. The highest BCUT2D eigenvalue weighted by Gasteiger charge is 2.10. The SMILES string of the molecule is O=C(Cc1ccc(Br)s1)c1csc(Cl)c1. The first-order chi connectivity index (χ1) is 7.15. The van der Waals surface area contributed by atoms with Crippen molar-refractivity contribution in [1.29, 1.82) is 0 Å². The maximum Gasteiger partial charge on any atom is 0.168 e. The highest BCUT2D eigenvalue weighted by molar-refractivity contribution is 9.11. The van der Waals surface area contributed by atoms with Gasteiger partial charge in [0.2, 0.25) is 0 Å². The van der Waals surface area contributed by atoms with E-state index in [2.05, 4.69) is 15.9 Å². The van der Waals surface area contributed by atoms with Crippen LogP contribution in [0.3, 0.4) is 0 Å². The molecule has 0 atom stereocenters. The van der Waals surface area contributed by atoms with E-state index < -0.39 is 0 Å². The van der Waals surface area contributed by atoms with Crippen LogP contribution in [0.1, 0.15) is 15.2 Å². The van der Waals surface area contributed by atoms with Crippen molar-refractivity contribution < 1.29 is 4.79 Å². The van der Waals surface area contributed by atoms with Crippen molar-refractivity contribution in [3.8, 4) is 0 Å². The van der Waals surface area contributed by atoms with Crippen LogP contribution in [0.25, 0.3) is 0 Å². The minimum absolute atomic E-state index is 0.118. The van der Waals surface area contributed by atoms with Gasteiger partial charge in [-0.05, 0) is 34.1 Å². The molecule has 0 N–H and O–H groups in total. The molecule has 2 aromatic heterocycles. The van der Waals surface area contributed by atoms with Crippen LogP contribution in [0.2, 0.25) is 4.34 Å². The average molecular weight is 322 g/mol. The fourth-order valence-electron chi connectivity index (χ4n) is 1.16. The van der Waals surface area contributed by atoms with Crippen molar-refractivity contribution in [1.82, 2.24) is 0 Å². The zero-order valence-corrected chi connectivity index (χ0v) is 11.5. The first kappa shape index (κ1) is 11.3. The molecule has 0 aromatic carbocycles. The molecule has 0 saturated heterocycles. The molecule has 15 heavy (non-hydrogen) atoms. The molecular weight excluding hydrogens is 316 g/mol. The Labute approximate surface area is 109 Å². The van der Waals surface area contributed by atoms with Gasteiger partial charge in [0, 0.05) is 22.2 Å². The van der Waals surface area contributed by atoms with Gasteiger partial charge in [0.1, 0.15) is 0 Å². The predicted octanol–water partition coefficient (Wildman–Crippen LogP) is 4.65. The lowest BCUT2D eigenvalue weighted by Gasteiger charge is -1.93. The van der Waals surface area contributed by atoms with Gasteiger partial charge in [-0.2, -0.15) is 0 Å². The molecule has 2 aromatic rings. The lowest BCUT2D eigenvalue weighted by Crippen LogP contribution is -1.99. The maximum absolute atomic E-state index is 11.8. The van der Waals surface area contributed by atoms with Crippen molar-refractivity contribution in [2.75, 3.05) is 0 Å². The lowest BCUT2D eigenvalue weighted by molar-refractivity contribution is 0.0994. The first-order valence-electron chi connectivity index (χ1n) is 4.16. The molecule has 0 amide bonds. The van der Waals surface area contributed by atoms with E-state index in [4.69, 9.17) is 11.6 Å². The van der Waals surface area contributed by atoms with E-state index in [1.165, 1.54) is 11.3 Å². The summed E-state index contributed by atoms with van der Waals surface area (Å²) in [5.41, 5.74) is 0.703. The molecule has 2 rings (SSSR count). The number of hydrogen-bond donors (Lipinski definition) is 0. The van der Waals surface area contributed by atoms with Crippen molar-refractivity contribution in [2.24, 2.45) is 0 Å². The molecule has 0 aliphatic rings. The Bertz CT molecular complexity index is 489. The quantitative estimate of drug-likeness (QED) is 0.752. The number of carbonyl (C=O) groups excluding carboxylic acids is 1. The van der Waals surface area contributed by atoms with E-state index in [1.807, 2.05) is 12.1 Å². The number of rotatable bonds is 3. The summed E-state index contributed by atoms with van der Waals surface area (Å²) in [4.78, 5) is 12.8. The summed E-state index contributed by atoms with van der Waals surface area (Å²) in [7, 11) is 0. The van der Waals surface area contributed by atoms with Crippen LogP contribution in [0, 0.1) is 0 Å². The molecule has 0 aliphatic carbocycles. The van der Waals surface area contributed by atoms with Crippen molar-refractivity contribution in [3.63, 3.8) is 0 Å². The van der Waals surface area contributed by atoms with Crippen LogP contribution in [0.15, 0.2) is 27.4 Å². The Morgan fingerprint density at radius 3 is 2.80 bits per heavy atom. The van der Waals surface area contributed by atoms with Crippen molar-refractivity contribution in [3.05, 3.63) is 42.1 Å². The second kappa shape index (κ2) is 4.78. The van der Waals surface area contributed by atoms with Gasteiger partial charge < -0.3 is 0 Å². The van der Waals surface area contributed by atoms with Gasteiger partial charge in [-0.25, -0.2) is 0 Å². The Morgan fingerprint density at radius 2 is 2.27 bits per heavy atom. The number of hydrogen-bond acceptors (Lipinski definition) is 3. The van der Waals surface area contributed by atoms with Crippen LogP contribution in [-0.2, 0) is 6.42 Å². The maximum atomic E-state index is 11.8. The van der Waals surface area contributed by atoms with Gasteiger partial charge >= 0.3 is 0 Å². The molecule has 0 fully saturated rings. The molecule has 2 heterocycles. The minimum atomic E-state index is 0.118. The number of carbonyl (C=O) groups is 1. The van der Waals surface area contributed by atoms with Gasteiger partial charge in [-0.3, -0.25) is 4.79 Å². The van der Waals surface area contributed by atoms with E-state index in [0.717, 1.165) is 8.66 Å². The summed E-state index contributed by atoms with van der Waals surface area (Å²) in [5.74, 6) is 0.118. The third kappa shape index (κ3) is 2.91. The molecule has 0 spiro atoms. The van der Waals surface area contributed by atoms with E-state index in [1.54, 1.807) is 22.8 Å². The summed E-state index contributed by atoms with van der Waals surface area (Å²) in [6, 6.07) is 5.63. The van der Waals surface area contributed by atoms with Crippen LogP contribution in [0.4, 0.5) is 0 Å². The predicted molar refractivity (Wildman–Crippen MR) is 69.4 cm³/mol. The lowest BCUT2D eigenvalue weighted by atomic mass is 10.1. The Hall–Kier alpha value is -0.160. The van der Waals surface area contributed by atoms with E-state index in [-0.39, 0.29) is 5.78 Å². The third-order valence-electron chi connectivity index (χ3n) is 1.85. The van der Waals surface area contributed by atoms with Crippen LogP contribution >= 0.6 is 50.2 Å². The number of ketones is 1. The largest absolute Gasteiger partial charge is 0.294 e. The highest BCUT2D eigenvalue weighted by Crippen LogP contribution is 2.25. The average Bonchev–Trinajstić information content (AvgIpc) is 2.75.